The Balaban J connectivity index is 2.57. The van der Waals surface area contributed by atoms with Gasteiger partial charge in [0.1, 0.15) is 5.75 Å². The van der Waals surface area contributed by atoms with Crippen LogP contribution < -0.4 is 10.1 Å². The van der Waals surface area contributed by atoms with Crippen LogP contribution in [0.2, 0.25) is 0 Å². The van der Waals surface area contributed by atoms with Crippen LogP contribution in [0.5, 0.6) is 5.75 Å². The zero-order chi connectivity index (χ0) is 11.8. The van der Waals surface area contributed by atoms with E-state index in [-0.39, 0.29) is 6.04 Å². The van der Waals surface area contributed by atoms with E-state index in [1.54, 1.807) is 0 Å². The number of ether oxygens (including phenoxy) is 2. The maximum atomic E-state index is 5.54. The molecule has 0 amide bonds. The fourth-order valence-corrected chi connectivity index (χ4v) is 1.47. The Kier molecular flexibility index (Phi) is 5.72. The fourth-order valence-electron chi connectivity index (χ4n) is 1.47. The van der Waals surface area contributed by atoms with Gasteiger partial charge in [-0.25, -0.2) is 0 Å². The normalized spacial score (nSPS) is 12.2. The molecule has 0 spiro atoms. The molecule has 1 aromatic carbocycles. The van der Waals surface area contributed by atoms with Crippen LogP contribution in [0, 0.1) is 0 Å². The van der Waals surface area contributed by atoms with Crippen molar-refractivity contribution >= 4 is 5.69 Å². The SMILES string of the molecule is CCOCC(C)Nc1ccccc1OCC. The zero-order valence-electron chi connectivity index (χ0n) is 10.3. The van der Waals surface area contributed by atoms with Gasteiger partial charge in [-0.3, -0.25) is 0 Å². The molecular weight excluding hydrogens is 202 g/mol. The van der Waals surface area contributed by atoms with Gasteiger partial charge in [-0.05, 0) is 32.9 Å². The molecule has 0 fully saturated rings. The topological polar surface area (TPSA) is 30.5 Å². The van der Waals surface area contributed by atoms with Gasteiger partial charge in [0.25, 0.3) is 0 Å². The van der Waals surface area contributed by atoms with E-state index in [0.29, 0.717) is 13.2 Å². The van der Waals surface area contributed by atoms with Crippen molar-refractivity contribution in [2.75, 3.05) is 25.1 Å². The molecule has 0 saturated heterocycles. The molecule has 1 N–H and O–H groups in total. The number of hydrogen-bond donors (Lipinski definition) is 1. The molecule has 3 heteroatoms. The van der Waals surface area contributed by atoms with Crippen molar-refractivity contribution in [1.29, 1.82) is 0 Å². The highest BCUT2D eigenvalue weighted by Crippen LogP contribution is 2.24. The van der Waals surface area contributed by atoms with Crippen molar-refractivity contribution in [3.63, 3.8) is 0 Å². The van der Waals surface area contributed by atoms with E-state index < -0.39 is 0 Å². The van der Waals surface area contributed by atoms with Crippen molar-refractivity contribution in [1.82, 2.24) is 0 Å². The molecule has 0 aliphatic rings. The lowest BCUT2D eigenvalue weighted by molar-refractivity contribution is 0.141. The summed E-state index contributed by atoms with van der Waals surface area (Å²) in [7, 11) is 0. The Bertz CT molecular complexity index is 302. The molecule has 1 unspecified atom stereocenters. The molecular formula is C13H21NO2. The van der Waals surface area contributed by atoms with Crippen molar-refractivity contribution in [2.45, 2.75) is 26.8 Å². The lowest BCUT2D eigenvalue weighted by Crippen LogP contribution is -2.22. The molecule has 1 rings (SSSR count). The van der Waals surface area contributed by atoms with Crippen LogP contribution in [0.4, 0.5) is 5.69 Å². The smallest absolute Gasteiger partial charge is 0.142 e. The van der Waals surface area contributed by atoms with Gasteiger partial charge >= 0.3 is 0 Å². The molecule has 0 radical (unpaired) electrons. The summed E-state index contributed by atoms with van der Waals surface area (Å²) in [6.45, 7) is 8.22. The number of rotatable bonds is 7. The second kappa shape index (κ2) is 7.12. The minimum absolute atomic E-state index is 0.279. The van der Waals surface area contributed by atoms with Crippen molar-refractivity contribution in [3.8, 4) is 5.75 Å². The standard InChI is InChI=1S/C13H21NO2/c1-4-15-10-11(3)14-12-8-6-7-9-13(12)16-5-2/h6-9,11,14H,4-5,10H2,1-3H3. The van der Waals surface area contributed by atoms with Crippen molar-refractivity contribution in [3.05, 3.63) is 24.3 Å². The summed E-state index contributed by atoms with van der Waals surface area (Å²) in [5.74, 6) is 0.897. The molecule has 1 aromatic rings. The predicted octanol–water partition coefficient (Wildman–Crippen LogP) is 2.92. The van der Waals surface area contributed by atoms with E-state index in [4.69, 9.17) is 9.47 Å². The van der Waals surface area contributed by atoms with E-state index in [9.17, 15) is 0 Å². The van der Waals surface area contributed by atoms with Crippen LogP contribution in [0.15, 0.2) is 24.3 Å². The van der Waals surface area contributed by atoms with Crippen molar-refractivity contribution in [2.24, 2.45) is 0 Å². The summed E-state index contributed by atoms with van der Waals surface area (Å²) in [5.41, 5.74) is 1.02. The molecule has 3 nitrogen and oxygen atoms in total. The summed E-state index contributed by atoms with van der Waals surface area (Å²) < 4.78 is 10.9. The van der Waals surface area contributed by atoms with Crippen LogP contribution in [0.25, 0.3) is 0 Å². The number of hydrogen-bond acceptors (Lipinski definition) is 3. The predicted molar refractivity (Wildman–Crippen MR) is 67.2 cm³/mol. The molecule has 0 heterocycles. The summed E-state index contributed by atoms with van der Waals surface area (Å²) in [4.78, 5) is 0. The second-order valence-corrected chi connectivity index (χ2v) is 3.63. The van der Waals surface area contributed by atoms with Crippen molar-refractivity contribution < 1.29 is 9.47 Å². The van der Waals surface area contributed by atoms with E-state index in [1.807, 2.05) is 38.1 Å². The van der Waals surface area contributed by atoms with E-state index in [2.05, 4.69) is 12.2 Å². The quantitative estimate of drug-likeness (QED) is 0.771. The van der Waals surface area contributed by atoms with Crippen LogP contribution in [-0.4, -0.2) is 25.9 Å². The van der Waals surface area contributed by atoms with Gasteiger partial charge in [-0.15, -0.1) is 0 Å². The number of anilines is 1. The van der Waals surface area contributed by atoms with Gasteiger partial charge in [0.2, 0.25) is 0 Å². The number of para-hydroxylation sites is 2. The summed E-state index contributed by atoms with van der Waals surface area (Å²) in [5, 5.41) is 3.38. The fraction of sp³-hybridized carbons (Fsp3) is 0.538. The van der Waals surface area contributed by atoms with Gasteiger partial charge in [0.05, 0.1) is 18.9 Å². The Labute approximate surface area is 97.8 Å². The third kappa shape index (κ3) is 4.11. The first-order chi connectivity index (χ1) is 7.77. The first-order valence-corrected chi connectivity index (χ1v) is 5.84. The summed E-state index contributed by atoms with van der Waals surface area (Å²) in [6, 6.07) is 8.25. The van der Waals surface area contributed by atoms with Gasteiger partial charge in [-0.2, -0.15) is 0 Å². The van der Waals surface area contributed by atoms with Gasteiger partial charge in [-0.1, -0.05) is 12.1 Å². The van der Waals surface area contributed by atoms with Gasteiger partial charge in [0.15, 0.2) is 0 Å². The first-order valence-electron chi connectivity index (χ1n) is 5.84. The summed E-state index contributed by atoms with van der Waals surface area (Å²) >= 11 is 0. The van der Waals surface area contributed by atoms with Gasteiger partial charge in [0, 0.05) is 12.6 Å². The molecule has 16 heavy (non-hydrogen) atoms. The largest absolute Gasteiger partial charge is 0.492 e. The Hall–Kier alpha value is -1.22. The molecule has 0 aromatic heterocycles. The third-order valence-electron chi connectivity index (χ3n) is 2.16. The molecule has 1 atom stereocenters. The van der Waals surface area contributed by atoms with Crippen LogP contribution in [0.1, 0.15) is 20.8 Å². The highest BCUT2D eigenvalue weighted by molar-refractivity contribution is 5.56. The molecule has 0 aliphatic heterocycles. The minimum atomic E-state index is 0.279. The van der Waals surface area contributed by atoms with Crippen LogP contribution >= 0.6 is 0 Å². The highest BCUT2D eigenvalue weighted by Gasteiger charge is 2.06. The van der Waals surface area contributed by atoms with Crippen LogP contribution in [0.3, 0.4) is 0 Å². The zero-order valence-corrected chi connectivity index (χ0v) is 10.3. The van der Waals surface area contributed by atoms with E-state index in [0.717, 1.165) is 18.0 Å². The molecule has 0 bridgehead atoms. The monoisotopic (exact) mass is 223 g/mol. The summed E-state index contributed by atoms with van der Waals surface area (Å²) in [6.07, 6.45) is 0. The highest BCUT2D eigenvalue weighted by atomic mass is 16.5. The molecule has 90 valence electrons. The average Bonchev–Trinajstić information content (AvgIpc) is 2.29. The van der Waals surface area contributed by atoms with Gasteiger partial charge < -0.3 is 14.8 Å². The maximum Gasteiger partial charge on any atom is 0.142 e. The second-order valence-electron chi connectivity index (χ2n) is 3.63. The Morgan fingerprint density at radius 3 is 2.62 bits per heavy atom. The Morgan fingerprint density at radius 2 is 1.94 bits per heavy atom. The molecule has 0 saturated carbocycles. The number of benzene rings is 1. The number of nitrogens with one attached hydrogen (secondary N) is 1. The lowest BCUT2D eigenvalue weighted by atomic mass is 10.2. The lowest BCUT2D eigenvalue weighted by Gasteiger charge is -2.17. The average molecular weight is 223 g/mol. The molecule has 0 aliphatic carbocycles. The first kappa shape index (κ1) is 12.8. The van der Waals surface area contributed by atoms with E-state index in [1.165, 1.54) is 0 Å². The third-order valence-corrected chi connectivity index (χ3v) is 2.16. The van der Waals surface area contributed by atoms with Crippen LogP contribution in [-0.2, 0) is 4.74 Å². The van der Waals surface area contributed by atoms with E-state index >= 15 is 0 Å². The maximum absolute atomic E-state index is 5.54. The minimum Gasteiger partial charge on any atom is -0.492 e. The Morgan fingerprint density at radius 1 is 1.19 bits per heavy atom.